The second kappa shape index (κ2) is 7.00. The minimum Gasteiger partial charge on any atom is -0.495 e. The van der Waals surface area contributed by atoms with Crippen molar-refractivity contribution in [1.29, 1.82) is 5.26 Å². The summed E-state index contributed by atoms with van der Waals surface area (Å²) < 4.78 is 7.22. The molecule has 0 spiro atoms. The summed E-state index contributed by atoms with van der Waals surface area (Å²) in [5.74, 6) is 0.718. The maximum Gasteiger partial charge on any atom is 0.225 e. The summed E-state index contributed by atoms with van der Waals surface area (Å²) in [6.07, 6.45) is 0.279. The van der Waals surface area contributed by atoms with Gasteiger partial charge in [-0.2, -0.15) is 5.26 Å². The van der Waals surface area contributed by atoms with E-state index in [1.165, 1.54) is 0 Å². The lowest BCUT2D eigenvalue weighted by Crippen LogP contribution is -2.14. The number of anilines is 1. The van der Waals surface area contributed by atoms with Crippen LogP contribution < -0.4 is 10.1 Å². The fourth-order valence-electron chi connectivity index (χ4n) is 3.14. The average molecular weight is 371 g/mol. The highest BCUT2D eigenvalue weighted by atomic mass is 16.5. The molecule has 0 radical (unpaired) electrons. The summed E-state index contributed by atoms with van der Waals surface area (Å²) in [5.41, 5.74) is 3.21. The Balaban J connectivity index is 2.15. The quantitative estimate of drug-likeness (QED) is 0.589. The average Bonchev–Trinajstić information content (AvgIpc) is 3.03. The van der Waals surface area contributed by atoms with Crippen LogP contribution in [0, 0.1) is 11.3 Å². The van der Waals surface area contributed by atoms with Gasteiger partial charge >= 0.3 is 0 Å². The van der Waals surface area contributed by atoms with Gasteiger partial charge in [0.2, 0.25) is 5.91 Å². The SMILES string of the molecule is CCC(=O)Nc1c(C#N)c2nc3ccccc3nc2n1-c1ccccc1OC. The van der Waals surface area contributed by atoms with Crippen LogP contribution in [-0.4, -0.2) is 27.6 Å². The molecule has 7 heteroatoms. The van der Waals surface area contributed by atoms with Gasteiger partial charge in [0.25, 0.3) is 0 Å². The summed E-state index contributed by atoms with van der Waals surface area (Å²) in [6.45, 7) is 1.75. The van der Waals surface area contributed by atoms with Crippen LogP contribution in [0.25, 0.3) is 27.9 Å². The van der Waals surface area contributed by atoms with Crippen molar-refractivity contribution in [2.75, 3.05) is 12.4 Å². The van der Waals surface area contributed by atoms with Gasteiger partial charge in [0.1, 0.15) is 28.7 Å². The number of aromatic nitrogens is 3. The first-order chi connectivity index (χ1) is 13.7. The highest BCUT2D eigenvalue weighted by Gasteiger charge is 2.24. The number of nitrogens with zero attached hydrogens (tertiary/aromatic N) is 4. The normalized spacial score (nSPS) is 10.8. The number of amides is 1. The van der Waals surface area contributed by atoms with Gasteiger partial charge in [0.05, 0.1) is 23.8 Å². The molecule has 7 nitrogen and oxygen atoms in total. The smallest absolute Gasteiger partial charge is 0.225 e. The number of carbonyl (C=O) groups excluding carboxylic acids is 1. The molecule has 0 unspecified atom stereocenters. The van der Waals surface area contributed by atoms with Gasteiger partial charge in [-0.25, -0.2) is 9.97 Å². The maximum atomic E-state index is 12.2. The van der Waals surface area contributed by atoms with Crippen LogP contribution in [0.4, 0.5) is 5.82 Å². The van der Waals surface area contributed by atoms with Crippen LogP contribution in [-0.2, 0) is 4.79 Å². The third-order valence-electron chi connectivity index (χ3n) is 4.48. The lowest BCUT2D eigenvalue weighted by Gasteiger charge is -2.14. The van der Waals surface area contributed by atoms with Crippen molar-refractivity contribution in [3.8, 4) is 17.5 Å². The number of benzene rings is 2. The number of hydrogen-bond donors (Lipinski definition) is 1. The Bertz CT molecular complexity index is 1250. The maximum absolute atomic E-state index is 12.2. The van der Waals surface area contributed by atoms with E-state index in [9.17, 15) is 10.1 Å². The first-order valence-corrected chi connectivity index (χ1v) is 8.82. The zero-order valence-corrected chi connectivity index (χ0v) is 15.4. The first kappa shape index (κ1) is 17.5. The number of fused-ring (bicyclic) bond motifs is 2. The molecule has 4 aromatic rings. The topological polar surface area (TPSA) is 92.8 Å². The molecular weight excluding hydrogens is 354 g/mol. The largest absolute Gasteiger partial charge is 0.495 e. The van der Waals surface area contributed by atoms with Crippen LogP contribution in [0.5, 0.6) is 5.75 Å². The molecule has 0 bridgehead atoms. The minimum absolute atomic E-state index is 0.208. The van der Waals surface area contributed by atoms with E-state index in [0.29, 0.717) is 39.5 Å². The summed E-state index contributed by atoms with van der Waals surface area (Å²) in [7, 11) is 1.57. The first-order valence-electron chi connectivity index (χ1n) is 8.82. The van der Waals surface area contributed by atoms with Crippen LogP contribution >= 0.6 is 0 Å². The fourth-order valence-corrected chi connectivity index (χ4v) is 3.14. The molecule has 1 N–H and O–H groups in total. The van der Waals surface area contributed by atoms with E-state index in [2.05, 4.69) is 16.4 Å². The number of nitrogens with one attached hydrogen (secondary N) is 1. The Morgan fingerprint density at radius 2 is 1.82 bits per heavy atom. The molecule has 2 heterocycles. The lowest BCUT2D eigenvalue weighted by molar-refractivity contribution is -0.115. The predicted octanol–water partition coefficient (Wildman–Crippen LogP) is 3.80. The van der Waals surface area contributed by atoms with Crippen molar-refractivity contribution in [1.82, 2.24) is 14.5 Å². The van der Waals surface area contributed by atoms with Gasteiger partial charge in [0.15, 0.2) is 5.65 Å². The van der Waals surface area contributed by atoms with Crippen molar-refractivity contribution < 1.29 is 9.53 Å². The molecule has 0 saturated heterocycles. The van der Waals surface area contributed by atoms with Crippen LogP contribution in [0.15, 0.2) is 48.5 Å². The van der Waals surface area contributed by atoms with Crippen LogP contribution in [0.1, 0.15) is 18.9 Å². The number of nitriles is 1. The van der Waals surface area contributed by atoms with E-state index >= 15 is 0 Å². The number of para-hydroxylation sites is 4. The number of methoxy groups -OCH3 is 1. The summed E-state index contributed by atoms with van der Waals surface area (Å²) in [6, 6.07) is 17.0. The molecule has 0 fully saturated rings. The van der Waals surface area contributed by atoms with E-state index in [4.69, 9.17) is 9.72 Å². The van der Waals surface area contributed by atoms with Gasteiger partial charge < -0.3 is 10.1 Å². The van der Waals surface area contributed by atoms with Gasteiger partial charge in [-0.3, -0.25) is 9.36 Å². The Hall–Kier alpha value is -3.92. The van der Waals surface area contributed by atoms with E-state index in [0.717, 1.165) is 0 Å². The molecule has 2 aromatic heterocycles. The van der Waals surface area contributed by atoms with Crippen molar-refractivity contribution in [3.63, 3.8) is 0 Å². The molecule has 1 amide bonds. The van der Waals surface area contributed by atoms with Crippen LogP contribution in [0.3, 0.4) is 0 Å². The van der Waals surface area contributed by atoms with Crippen molar-refractivity contribution in [3.05, 3.63) is 54.1 Å². The fraction of sp³-hybridized carbons (Fsp3) is 0.143. The molecule has 0 aliphatic carbocycles. The van der Waals surface area contributed by atoms with Gasteiger partial charge in [0, 0.05) is 6.42 Å². The standard InChI is InChI=1S/C21H17N5O2/c1-3-18(27)25-20-13(12-22)19-21(24-15-9-5-4-8-14(15)23-19)26(20)16-10-6-7-11-17(16)28-2/h4-11H,3H2,1-2H3,(H,25,27). The third kappa shape index (κ3) is 2.72. The Kier molecular flexibility index (Phi) is 4.38. The number of carbonyl (C=O) groups is 1. The number of hydrogen-bond acceptors (Lipinski definition) is 5. The summed E-state index contributed by atoms with van der Waals surface area (Å²) in [5, 5.41) is 12.7. The molecular formula is C21H17N5O2. The highest BCUT2D eigenvalue weighted by molar-refractivity contribution is 6.00. The molecule has 28 heavy (non-hydrogen) atoms. The highest BCUT2D eigenvalue weighted by Crippen LogP contribution is 2.35. The second-order valence-electron chi connectivity index (χ2n) is 6.13. The Labute approximate surface area is 161 Å². The van der Waals surface area contributed by atoms with Crippen molar-refractivity contribution >= 4 is 33.9 Å². The molecule has 0 aliphatic rings. The van der Waals surface area contributed by atoms with Gasteiger partial charge in [-0.1, -0.05) is 31.2 Å². The van der Waals surface area contributed by atoms with Crippen molar-refractivity contribution in [2.24, 2.45) is 0 Å². The molecule has 0 aliphatic heterocycles. The molecule has 0 atom stereocenters. The van der Waals surface area contributed by atoms with Gasteiger partial charge in [-0.15, -0.1) is 0 Å². The monoisotopic (exact) mass is 371 g/mol. The van der Waals surface area contributed by atoms with E-state index in [-0.39, 0.29) is 17.9 Å². The second-order valence-corrected chi connectivity index (χ2v) is 6.13. The van der Waals surface area contributed by atoms with Crippen LogP contribution in [0.2, 0.25) is 0 Å². The lowest BCUT2D eigenvalue weighted by atomic mass is 10.2. The summed E-state index contributed by atoms with van der Waals surface area (Å²) in [4.78, 5) is 21.6. The third-order valence-corrected chi connectivity index (χ3v) is 4.48. The van der Waals surface area contributed by atoms with Crippen molar-refractivity contribution in [2.45, 2.75) is 13.3 Å². The number of ether oxygens (including phenoxy) is 1. The minimum atomic E-state index is -0.208. The number of rotatable bonds is 4. The Morgan fingerprint density at radius 3 is 2.50 bits per heavy atom. The summed E-state index contributed by atoms with van der Waals surface area (Å²) >= 11 is 0. The molecule has 2 aromatic carbocycles. The molecule has 4 rings (SSSR count). The molecule has 138 valence electrons. The predicted molar refractivity (Wildman–Crippen MR) is 107 cm³/mol. The molecule has 0 saturated carbocycles. The van der Waals surface area contributed by atoms with E-state index < -0.39 is 0 Å². The zero-order valence-electron chi connectivity index (χ0n) is 15.4. The van der Waals surface area contributed by atoms with E-state index in [1.807, 2.05) is 48.5 Å². The van der Waals surface area contributed by atoms with Gasteiger partial charge in [-0.05, 0) is 24.3 Å². The zero-order chi connectivity index (χ0) is 19.7. The Morgan fingerprint density at radius 1 is 1.14 bits per heavy atom. The van der Waals surface area contributed by atoms with E-state index in [1.54, 1.807) is 18.6 Å².